The SMILES string of the molecule is CN1N(c2cc3ccccc3s2)NO[C@@]12CC1CCC2CC1. The average Bonchev–Trinajstić information content (AvgIpc) is 3.11. The fourth-order valence-corrected chi connectivity index (χ4v) is 5.65. The van der Waals surface area contributed by atoms with Crippen LogP contribution in [-0.2, 0) is 4.84 Å². The van der Waals surface area contributed by atoms with E-state index in [1.54, 1.807) is 0 Å². The normalized spacial score (nSPS) is 35.0. The van der Waals surface area contributed by atoms with E-state index >= 15 is 0 Å². The van der Waals surface area contributed by atoms with Gasteiger partial charge < -0.3 is 0 Å². The molecule has 1 N–H and O–H groups in total. The Bertz CT molecular complexity index is 676. The number of hydrogen-bond donors (Lipinski definition) is 1. The first-order chi connectivity index (χ1) is 10.8. The Kier molecular flexibility index (Phi) is 2.83. The third-order valence-electron chi connectivity index (χ3n) is 5.84. The minimum Gasteiger partial charge on any atom is -0.256 e. The molecule has 0 unspecified atom stereocenters. The van der Waals surface area contributed by atoms with Crippen molar-refractivity contribution >= 4 is 26.4 Å². The summed E-state index contributed by atoms with van der Waals surface area (Å²) in [6, 6.07) is 10.8. The van der Waals surface area contributed by atoms with E-state index in [1.165, 1.54) is 40.8 Å². The van der Waals surface area contributed by atoms with Gasteiger partial charge in [0.25, 0.3) is 0 Å². The topological polar surface area (TPSA) is 27.7 Å². The standard InChI is InChI=1S/C17H21N3OS/c1-19-17(11-12-6-8-14(17)9-7-12)21-18-20(19)16-10-13-4-2-3-5-15(13)22-16/h2-5,10,12,14,18H,6-9,11H2,1H3/t12?,14?,17-/m1/s1. The number of hydrazine groups is 2. The molecule has 3 saturated carbocycles. The van der Waals surface area contributed by atoms with Crippen LogP contribution in [0.3, 0.4) is 0 Å². The van der Waals surface area contributed by atoms with Crippen molar-refractivity contribution in [2.24, 2.45) is 11.8 Å². The lowest BCUT2D eigenvalue weighted by atomic mass is 9.65. The second kappa shape index (κ2) is 4.68. The predicted molar refractivity (Wildman–Crippen MR) is 89.1 cm³/mol. The number of fused-ring (bicyclic) bond motifs is 3. The zero-order chi connectivity index (χ0) is 14.7. The lowest BCUT2D eigenvalue weighted by molar-refractivity contribution is -0.193. The second-order valence-corrected chi connectivity index (χ2v) is 7.98. The molecule has 1 atom stereocenters. The monoisotopic (exact) mass is 315 g/mol. The molecule has 1 aromatic heterocycles. The van der Waals surface area contributed by atoms with Gasteiger partial charge in [-0.15, -0.1) is 11.3 Å². The highest BCUT2D eigenvalue weighted by atomic mass is 32.1. The number of anilines is 1. The van der Waals surface area contributed by atoms with Crippen LogP contribution in [0, 0.1) is 11.8 Å². The van der Waals surface area contributed by atoms with E-state index in [-0.39, 0.29) is 5.72 Å². The van der Waals surface area contributed by atoms with Crippen LogP contribution >= 0.6 is 11.3 Å². The highest BCUT2D eigenvalue weighted by Gasteiger charge is 2.56. The lowest BCUT2D eigenvalue weighted by Crippen LogP contribution is -2.58. The summed E-state index contributed by atoms with van der Waals surface area (Å²) in [6.07, 6.45) is 6.52. The van der Waals surface area contributed by atoms with E-state index in [4.69, 9.17) is 4.84 Å². The number of hydrogen-bond acceptors (Lipinski definition) is 5. The summed E-state index contributed by atoms with van der Waals surface area (Å²) in [7, 11) is 2.17. The van der Waals surface area contributed by atoms with Gasteiger partial charge in [-0.3, -0.25) is 4.84 Å². The summed E-state index contributed by atoms with van der Waals surface area (Å²) in [5.74, 6) is 1.48. The van der Waals surface area contributed by atoms with Gasteiger partial charge in [0.05, 0.1) is 0 Å². The minimum atomic E-state index is -0.142. The Morgan fingerprint density at radius 3 is 2.77 bits per heavy atom. The van der Waals surface area contributed by atoms with E-state index in [0.717, 1.165) is 12.3 Å². The van der Waals surface area contributed by atoms with E-state index in [9.17, 15) is 0 Å². The van der Waals surface area contributed by atoms with Crippen molar-refractivity contribution in [1.82, 2.24) is 10.6 Å². The molecule has 2 heterocycles. The third kappa shape index (κ3) is 1.74. The zero-order valence-electron chi connectivity index (χ0n) is 12.8. The van der Waals surface area contributed by atoms with Gasteiger partial charge in [0.1, 0.15) is 5.00 Å². The number of rotatable bonds is 1. The fourth-order valence-electron chi connectivity index (χ4n) is 4.60. The summed E-state index contributed by atoms with van der Waals surface area (Å²) in [5, 5.41) is 6.91. The van der Waals surface area contributed by atoms with Gasteiger partial charge in [-0.25, -0.2) is 5.12 Å². The van der Waals surface area contributed by atoms with Crippen LogP contribution in [0.1, 0.15) is 32.1 Å². The first kappa shape index (κ1) is 13.3. The van der Waals surface area contributed by atoms with Crippen molar-refractivity contribution in [3.05, 3.63) is 30.3 Å². The van der Waals surface area contributed by atoms with E-state index in [0.29, 0.717) is 5.92 Å². The van der Waals surface area contributed by atoms with E-state index in [1.807, 2.05) is 11.3 Å². The van der Waals surface area contributed by atoms with Crippen LogP contribution in [0.5, 0.6) is 0 Å². The highest BCUT2D eigenvalue weighted by Crippen LogP contribution is 2.52. The Morgan fingerprint density at radius 2 is 2.05 bits per heavy atom. The number of thiophene rings is 1. The minimum absolute atomic E-state index is 0.142. The van der Waals surface area contributed by atoms with Gasteiger partial charge in [-0.2, -0.15) is 5.01 Å². The largest absolute Gasteiger partial charge is 0.256 e. The Hall–Kier alpha value is -1.14. The Morgan fingerprint density at radius 1 is 1.23 bits per heavy atom. The summed E-state index contributed by atoms with van der Waals surface area (Å²) in [4.78, 5) is 6.20. The molecule has 0 radical (unpaired) electrons. The molecule has 4 aliphatic rings. The maximum atomic E-state index is 6.20. The molecule has 1 saturated heterocycles. The van der Waals surface area contributed by atoms with Crippen molar-refractivity contribution in [3.63, 3.8) is 0 Å². The molecule has 2 bridgehead atoms. The van der Waals surface area contributed by atoms with Crippen molar-refractivity contribution in [1.29, 1.82) is 0 Å². The van der Waals surface area contributed by atoms with Crippen molar-refractivity contribution in [3.8, 4) is 0 Å². The Labute approximate surface area is 134 Å². The average molecular weight is 315 g/mol. The predicted octanol–water partition coefficient (Wildman–Crippen LogP) is 3.91. The molecule has 6 rings (SSSR count). The molecule has 116 valence electrons. The van der Waals surface area contributed by atoms with Crippen LogP contribution in [-0.4, -0.2) is 17.8 Å². The first-order valence-corrected chi connectivity index (χ1v) is 9.04. The Balaban J connectivity index is 1.50. The summed E-state index contributed by atoms with van der Waals surface area (Å²) < 4.78 is 1.32. The van der Waals surface area contributed by atoms with Gasteiger partial charge in [0, 0.05) is 17.7 Å². The lowest BCUT2D eigenvalue weighted by Gasteiger charge is -2.50. The smallest absolute Gasteiger partial charge is 0.165 e. The fraction of sp³-hybridized carbons (Fsp3) is 0.529. The maximum absolute atomic E-state index is 6.20. The molecule has 1 aliphatic heterocycles. The first-order valence-electron chi connectivity index (χ1n) is 8.22. The van der Waals surface area contributed by atoms with Crippen molar-refractivity contribution < 1.29 is 4.84 Å². The van der Waals surface area contributed by atoms with Crippen LogP contribution < -0.4 is 10.7 Å². The molecule has 4 fully saturated rings. The quantitative estimate of drug-likeness (QED) is 0.863. The van der Waals surface area contributed by atoms with Crippen molar-refractivity contribution in [2.75, 3.05) is 12.2 Å². The summed E-state index contributed by atoms with van der Waals surface area (Å²) in [6.45, 7) is 0. The van der Waals surface area contributed by atoms with E-state index in [2.05, 4.69) is 53.1 Å². The molecule has 0 amide bonds. The second-order valence-electron chi connectivity index (χ2n) is 6.92. The molecule has 5 heteroatoms. The molecule has 1 aromatic carbocycles. The highest BCUT2D eigenvalue weighted by molar-refractivity contribution is 7.22. The molecule has 3 aliphatic carbocycles. The molecule has 4 nitrogen and oxygen atoms in total. The molecular formula is C17H21N3OS. The summed E-state index contributed by atoms with van der Waals surface area (Å²) in [5.41, 5.74) is 3.06. The van der Waals surface area contributed by atoms with Crippen molar-refractivity contribution in [2.45, 2.75) is 37.8 Å². The van der Waals surface area contributed by atoms with Crippen LogP contribution in [0.4, 0.5) is 5.00 Å². The number of benzene rings is 1. The van der Waals surface area contributed by atoms with Crippen LogP contribution in [0.15, 0.2) is 30.3 Å². The molecule has 22 heavy (non-hydrogen) atoms. The van der Waals surface area contributed by atoms with Gasteiger partial charge >= 0.3 is 0 Å². The van der Waals surface area contributed by atoms with Crippen LogP contribution in [0.25, 0.3) is 10.1 Å². The summed E-state index contributed by atoms with van der Waals surface area (Å²) >= 11 is 1.81. The molecule has 2 aromatic rings. The van der Waals surface area contributed by atoms with Gasteiger partial charge in [0.15, 0.2) is 5.72 Å². The maximum Gasteiger partial charge on any atom is 0.165 e. The van der Waals surface area contributed by atoms with Gasteiger partial charge in [-0.1, -0.05) is 23.8 Å². The third-order valence-corrected chi connectivity index (χ3v) is 6.94. The molecule has 1 spiro atoms. The number of nitrogens with zero attached hydrogens (tertiary/aromatic N) is 2. The zero-order valence-corrected chi connectivity index (χ0v) is 13.6. The van der Waals surface area contributed by atoms with Crippen LogP contribution in [0.2, 0.25) is 0 Å². The van der Waals surface area contributed by atoms with Gasteiger partial charge in [-0.05, 0) is 55.5 Å². The number of nitrogens with one attached hydrogen (secondary N) is 1. The van der Waals surface area contributed by atoms with E-state index < -0.39 is 0 Å². The van der Waals surface area contributed by atoms with Gasteiger partial charge in [0.2, 0.25) is 0 Å². The molecular weight excluding hydrogens is 294 g/mol.